The molecule has 0 unspecified atom stereocenters. The van der Waals surface area contributed by atoms with Crippen LogP contribution in [-0.4, -0.2) is 25.3 Å². The second kappa shape index (κ2) is 2.71. The van der Waals surface area contributed by atoms with E-state index >= 15 is 0 Å². The minimum absolute atomic E-state index is 0.0976. The Hall–Kier alpha value is -0.0800. The molecule has 0 aliphatic carbocycles. The third-order valence-corrected chi connectivity index (χ3v) is 3.79. The molecule has 2 aliphatic rings. The van der Waals surface area contributed by atoms with Crippen molar-refractivity contribution in [3.63, 3.8) is 0 Å². The van der Waals surface area contributed by atoms with Gasteiger partial charge < -0.3 is 10.1 Å². The van der Waals surface area contributed by atoms with Crippen molar-refractivity contribution < 1.29 is 4.74 Å². The lowest BCUT2D eigenvalue weighted by Gasteiger charge is -2.43. The van der Waals surface area contributed by atoms with Crippen LogP contribution in [0.4, 0.5) is 0 Å². The zero-order valence-corrected chi connectivity index (χ0v) is 8.15. The molecule has 70 valence electrons. The molecule has 1 atom stereocenters. The Morgan fingerprint density at radius 2 is 2.08 bits per heavy atom. The molecule has 1 spiro atoms. The summed E-state index contributed by atoms with van der Waals surface area (Å²) < 4.78 is 5.79. The van der Waals surface area contributed by atoms with Gasteiger partial charge in [0.05, 0.1) is 5.60 Å². The van der Waals surface area contributed by atoms with Crippen LogP contribution in [0.1, 0.15) is 33.1 Å². The molecule has 0 amide bonds. The molecule has 2 rings (SSSR count). The summed E-state index contributed by atoms with van der Waals surface area (Å²) in [5, 5.41) is 3.49. The fraction of sp³-hybridized carbons (Fsp3) is 1.00. The van der Waals surface area contributed by atoms with Crippen LogP contribution < -0.4 is 5.32 Å². The van der Waals surface area contributed by atoms with E-state index in [1.165, 1.54) is 25.8 Å². The third kappa shape index (κ3) is 1.09. The molecular formula is C10H19NO. The van der Waals surface area contributed by atoms with E-state index in [-0.39, 0.29) is 5.60 Å². The first kappa shape index (κ1) is 8.52. The maximum Gasteiger partial charge on any atom is 0.0695 e. The fourth-order valence-corrected chi connectivity index (χ4v) is 2.65. The molecule has 0 saturated carbocycles. The highest BCUT2D eigenvalue weighted by atomic mass is 16.5. The Kier molecular flexibility index (Phi) is 1.92. The number of rotatable bonds is 0. The smallest absolute Gasteiger partial charge is 0.0695 e. The Bertz CT molecular complexity index is 171. The maximum atomic E-state index is 5.79. The topological polar surface area (TPSA) is 21.3 Å². The predicted molar refractivity (Wildman–Crippen MR) is 49.2 cm³/mol. The average molecular weight is 169 g/mol. The standard InChI is InChI=1S/C10H19NO/c1-9(2)10(5-7-12-9)4-3-6-11-8-10/h11H,3-8H2,1-2H3/t10-/m1/s1. The zero-order valence-electron chi connectivity index (χ0n) is 8.15. The van der Waals surface area contributed by atoms with Crippen molar-refractivity contribution in [1.82, 2.24) is 5.32 Å². The van der Waals surface area contributed by atoms with Crippen LogP contribution in [0.25, 0.3) is 0 Å². The van der Waals surface area contributed by atoms with Gasteiger partial charge >= 0.3 is 0 Å². The molecular weight excluding hydrogens is 150 g/mol. The van der Waals surface area contributed by atoms with Gasteiger partial charge in [0.15, 0.2) is 0 Å². The lowest BCUT2D eigenvalue weighted by molar-refractivity contribution is -0.0424. The molecule has 2 heterocycles. The highest BCUT2D eigenvalue weighted by Crippen LogP contribution is 2.47. The molecule has 0 aromatic heterocycles. The molecule has 0 aromatic carbocycles. The van der Waals surface area contributed by atoms with Crippen molar-refractivity contribution >= 4 is 0 Å². The van der Waals surface area contributed by atoms with E-state index in [9.17, 15) is 0 Å². The summed E-state index contributed by atoms with van der Waals surface area (Å²) in [6, 6.07) is 0. The molecule has 2 heteroatoms. The van der Waals surface area contributed by atoms with E-state index in [1.54, 1.807) is 0 Å². The normalized spacial score (nSPS) is 40.5. The first-order chi connectivity index (χ1) is 5.66. The molecule has 2 saturated heterocycles. The number of hydrogen-bond donors (Lipinski definition) is 1. The molecule has 2 nitrogen and oxygen atoms in total. The second-order valence-electron chi connectivity index (χ2n) is 4.67. The quantitative estimate of drug-likeness (QED) is 0.594. The van der Waals surface area contributed by atoms with Crippen molar-refractivity contribution in [2.24, 2.45) is 5.41 Å². The van der Waals surface area contributed by atoms with Gasteiger partial charge in [-0.3, -0.25) is 0 Å². The van der Waals surface area contributed by atoms with E-state index in [0.29, 0.717) is 5.41 Å². The Labute approximate surface area is 74.7 Å². The van der Waals surface area contributed by atoms with Gasteiger partial charge in [-0.1, -0.05) is 0 Å². The molecule has 12 heavy (non-hydrogen) atoms. The van der Waals surface area contributed by atoms with Gasteiger partial charge in [0.2, 0.25) is 0 Å². The second-order valence-corrected chi connectivity index (χ2v) is 4.67. The summed E-state index contributed by atoms with van der Waals surface area (Å²) in [6.07, 6.45) is 3.90. The molecule has 2 fully saturated rings. The fourth-order valence-electron chi connectivity index (χ4n) is 2.65. The summed E-state index contributed by atoms with van der Waals surface area (Å²) in [7, 11) is 0. The van der Waals surface area contributed by atoms with Crippen molar-refractivity contribution in [2.45, 2.75) is 38.7 Å². The van der Waals surface area contributed by atoms with Gasteiger partial charge in [-0.05, 0) is 39.7 Å². The number of nitrogens with one attached hydrogen (secondary N) is 1. The Balaban J connectivity index is 2.17. The third-order valence-electron chi connectivity index (χ3n) is 3.79. The SMILES string of the molecule is CC1(C)OCC[C@@]12CCCNC2. The van der Waals surface area contributed by atoms with Crippen LogP contribution in [0.2, 0.25) is 0 Å². The van der Waals surface area contributed by atoms with Gasteiger partial charge in [-0.2, -0.15) is 0 Å². The van der Waals surface area contributed by atoms with Crippen LogP contribution in [-0.2, 0) is 4.74 Å². The minimum atomic E-state index is 0.0976. The van der Waals surface area contributed by atoms with Crippen LogP contribution in [0.15, 0.2) is 0 Å². The van der Waals surface area contributed by atoms with E-state index < -0.39 is 0 Å². The molecule has 0 aromatic rings. The molecule has 0 radical (unpaired) electrons. The van der Waals surface area contributed by atoms with Gasteiger partial charge in [0, 0.05) is 18.6 Å². The van der Waals surface area contributed by atoms with Crippen molar-refractivity contribution in [3.8, 4) is 0 Å². The van der Waals surface area contributed by atoms with Gasteiger partial charge in [0.25, 0.3) is 0 Å². The number of ether oxygens (including phenoxy) is 1. The first-order valence-corrected chi connectivity index (χ1v) is 5.01. The maximum absolute atomic E-state index is 5.79. The van der Waals surface area contributed by atoms with E-state index in [1.807, 2.05) is 0 Å². The summed E-state index contributed by atoms with van der Waals surface area (Å²) in [5.41, 5.74) is 0.533. The summed E-state index contributed by atoms with van der Waals surface area (Å²) in [5.74, 6) is 0. The largest absolute Gasteiger partial charge is 0.375 e. The van der Waals surface area contributed by atoms with E-state index in [2.05, 4.69) is 19.2 Å². The van der Waals surface area contributed by atoms with Gasteiger partial charge in [-0.15, -0.1) is 0 Å². The van der Waals surface area contributed by atoms with Crippen LogP contribution in [0.5, 0.6) is 0 Å². The van der Waals surface area contributed by atoms with Crippen molar-refractivity contribution in [1.29, 1.82) is 0 Å². The lowest BCUT2D eigenvalue weighted by atomic mass is 9.69. The van der Waals surface area contributed by atoms with E-state index in [0.717, 1.165) is 13.2 Å². The lowest BCUT2D eigenvalue weighted by Crippen LogP contribution is -2.50. The number of piperidine rings is 1. The van der Waals surface area contributed by atoms with Crippen LogP contribution in [0, 0.1) is 5.41 Å². The number of hydrogen-bond acceptors (Lipinski definition) is 2. The monoisotopic (exact) mass is 169 g/mol. The average Bonchev–Trinajstić information content (AvgIpc) is 2.30. The Morgan fingerprint density at radius 3 is 2.58 bits per heavy atom. The predicted octanol–water partition coefficient (Wildman–Crippen LogP) is 1.56. The van der Waals surface area contributed by atoms with Crippen LogP contribution in [0.3, 0.4) is 0 Å². The minimum Gasteiger partial charge on any atom is -0.375 e. The highest BCUT2D eigenvalue weighted by molar-refractivity contribution is 5.01. The van der Waals surface area contributed by atoms with E-state index in [4.69, 9.17) is 4.74 Å². The highest BCUT2D eigenvalue weighted by Gasteiger charge is 2.50. The first-order valence-electron chi connectivity index (χ1n) is 5.01. The van der Waals surface area contributed by atoms with Crippen molar-refractivity contribution in [3.05, 3.63) is 0 Å². The van der Waals surface area contributed by atoms with Crippen LogP contribution >= 0.6 is 0 Å². The van der Waals surface area contributed by atoms with Gasteiger partial charge in [-0.25, -0.2) is 0 Å². The van der Waals surface area contributed by atoms with Gasteiger partial charge in [0.1, 0.15) is 0 Å². The molecule has 1 N–H and O–H groups in total. The Morgan fingerprint density at radius 1 is 1.25 bits per heavy atom. The molecule has 0 bridgehead atoms. The van der Waals surface area contributed by atoms with Crippen molar-refractivity contribution in [2.75, 3.05) is 19.7 Å². The summed E-state index contributed by atoms with van der Waals surface area (Å²) >= 11 is 0. The summed E-state index contributed by atoms with van der Waals surface area (Å²) in [4.78, 5) is 0. The molecule has 2 aliphatic heterocycles. The zero-order chi connectivity index (χ0) is 8.66. The summed E-state index contributed by atoms with van der Waals surface area (Å²) in [6.45, 7) is 7.78.